The number of hydrogen-bond acceptors (Lipinski definition) is 6. The highest BCUT2D eigenvalue weighted by atomic mass is 16.6. The predicted molar refractivity (Wildman–Crippen MR) is 123 cm³/mol. The van der Waals surface area contributed by atoms with Gasteiger partial charge in [0, 0.05) is 43.7 Å². The summed E-state index contributed by atoms with van der Waals surface area (Å²) in [7, 11) is 1.53. The summed E-state index contributed by atoms with van der Waals surface area (Å²) in [5.74, 6) is -0.218. The van der Waals surface area contributed by atoms with Crippen molar-refractivity contribution in [2.24, 2.45) is 0 Å². The molecular weight excluding hydrogens is 410 g/mol. The second-order valence-corrected chi connectivity index (χ2v) is 7.94. The van der Waals surface area contributed by atoms with Gasteiger partial charge >= 0.3 is 6.09 Å². The highest BCUT2D eigenvalue weighted by Crippen LogP contribution is 2.18. The molecule has 2 aromatic carbocycles. The van der Waals surface area contributed by atoms with Gasteiger partial charge in [-0.3, -0.25) is 15.0 Å². The number of benzene rings is 2. The fourth-order valence-electron chi connectivity index (χ4n) is 3.68. The van der Waals surface area contributed by atoms with E-state index in [0.717, 1.165) is 25.2 Å². The number of amides is 2. The van der Waals surface area contributed by atoms with E-state index in [1.54, 1.807) is 24.3 Å². The van der Waals surface area contributed by atoms with Crippen molar-refractivity contribution >= 4 is 23.4 Å². The van der Waals surface area contributed by atoms with E-state index in [-0.39, 0.29) is 24.7 Å². The molecule has 2 atom stereocenters. The van der Waals surface area contributed by atoms with Gasteiger partial charge < -0.3 is 19.5 Å². The second kappa shape index (κ2) is 11.6. The molecule has 3 rings (SSSR count). The average Bonchev–Trinajstić information content (AvgIpc) is 2.74. The van der Waals surface area contributed by atoms with Crippen molar-refractivity contribution in [3.63, 3.8) is 0 Å². The molecule has 0 aliphatic carbocycles. The van der Waals surface area contributed by atoms with E-state index < -0.39 is 6.09 Å². The van der Waals surface area contributed by atoms with Gasteiger partial charge in [-0.25, -0.2) is 4.79 Å². The molecule has 0 bridgehead atoms. The van der Waals surface area contributed by atoms with Gasteiger partial charge in [-0.15, -0.1) is 0 Å². The van der Waals surface area contributed by atoms with E-state index in [9.17, 15) is 9.59 Å². The summed E-state index contributed by atoms with van der Waals surface area (Å²) < 4.78 is 15.6. The van der Waals surface area contributed by atoms with Crippen molar-refractivity contribution in [1.82, 2.24) is 4.90 Å². The first kappa shape index (κ1) is 23.7. The SMILES string of the molecule is COCCOC(=O)Nc1cccc(NC(=O)c2ccc(CN3CC(C)OC(C)C3)cc2)c1. The van der Waals surface area contributed by atoms with Crippen molar-refractivity contribution < 1.29 is 23.8 Å². The van der Waals surface area contributed by atoms with E-state index in [4.69, 9.17) is 14.2 Å². The molecule has 1 heterocycles. The van der Waals surface area contributed by atoms with Crippen molar-refractivity contribution in [3.8, 4) is 0 Å². The molecule has 8 heteroatoms. The summed E-state index contributed by atoms with van der Waals surface area (Å²) in [5.41, 5.74) is 2.82. The number of anilines is 2. The van der Waals surface area contributed by atoms with Gasteiger partial charge in [0.15, 0.2) is 0 Å². The summed E-state index contributed by atoms with van der Waals surface area (Å²) in [5, 5.41) is 5.48. The quantitative estimate of drug-likeness (QED) is 0.607. The molecule has 0 aromatic heterocycles. The lowest BCUT2D eigenvalue weighted by molar-refractivity contribution is -0.0704. The van der Waals surface area contributed by atoms with Crippen LogP contribution in [0, 0.1) is 0 Å². The minimum atomic E-state index is -0.579. The number of hydrogen-bond donors (Lipinski definition) is 2. The number of morpholine rings is 1. The van der Waals surface area contributed by atoms with Crippen molar-refractivity contribution in [2.45, 2.75) is 32.6 Å². The van der Waals surface area contributed by atoms with Crippen molar-refractivity contribution in [2.75, 3.05) is 44.0 Å². The zero-order chi connectivity index (χ0) is 22.9. The summed E-state index contributed by atoms with van der Waals surface area (Å²) >= 11 is 0. The molecule has 2 N–H and O–H groups in total. The van der Waals surface area contributed by atoms with Crippen LogP contribution >= 0.6 is 0 Å². The molecular formula is C24H31N3O5. The summed E-state index contributed by atoms with van der Waals surface area (Å²) in [6, 6.07) is 14.5. The zero-order valence-electron chi connectivity index (χ0n) is 18.8. The maximum atomic E-state index is 12.6. The molecule has 2 amide bonds. The highest BCUT2D eigenvalue weighted by molar-refractivity contribution is 6.04. The van der Waals surface area contributed by atoms with Gasteiger partial charge in [0.05, 0.1) is 18.8 Å². The molecule has 0 radical (unpaired) electrons. The highest BCUT2D eigenvalue weighted by Gasteiger charge is 2.22. The Hall–Kier alpha value is -2.94. The molecule has 2 aromatic rings. The van der Waals surface area contributed by atoms with E-state index in [2.05, 4.69) is 29.4 Å². The Morgan fingerprint density at radius 1 is 1.00 bits per heavy atom. The monoisotopic (exact) mass is 441 g/mol. The van der Waals surface area contributed by atoms with Crippen LogP contribution in [0.5, 0.6) is 0 Å². The number of carbonyl (C=O) groups is 2. The summed E-state index contributed by atoms with van der Waals surface area (Å²) in [6.07, 6.45) is -0.132. The first-order valence-corrected chi connectivity index (χ1v) is 10.7. The van der Waals surface area contributed by atoms with Gasteiger partial charge in [-0.2, -0.15) is 0 Å². The van der Waals surface area contributed by atoms with Crippen LogP contribution in [0.15, 0.2) is 48.5 Å². The summed E-state index contributed by atoms with van der Waals surface area (Å²) in [4.78, 5) is 26.8. The molecule has 1 saturated heterocycles. The lowest BCUT2D eigenvalue weighted by Crippen LogP contribution is -2.44. The van der Waals surface area contributed by atoms with Crippen molar-refractivity contribution in [1.29, 1.82) is 0 Å². The molecule has 1 fully saturated rings. The van der Waals surface area contributed by atoms with E-state index in [0.29, 0.717) is 23.5 Å². The van der Waals surface area contributed by atoms with Gasteiger partial charge in [0.25, 0.3) is 5.91 Å². The topological polar surface area (TPSA) is 89.1 Å². The molecule has 1 aliphatic rings. The Labute approximate surface area is 188 Å². The van der Waals surface area contributed by atoms with Crippen LogP contribution in [0.2, 0.25) is 0 Å². The normalized spacial score (nSPS) is 18.7. The van der Waals surface area contributed by atoms with Gasteiger partial charge in [-0.1, -0.05) is 18.2 Å². The Kier molecular flexibility index (Phi) is 8.61. The third-order valence-electron chi connectivity index (χ3n) is 5.00. The molecule has 2 unspecified atom stereocenters. The molecule has 32 heavy (non-hydrogen) atoms. The third-order valence-corrected chi connectivity index (χ3v) is 5.00. The van der Waals surface area contributed by atoms with E-state index in [1.165, 1.54) is 7.11 Å². The Morgan fingerprint density at radius 2 is 1.66 bits per heavy atom. The number of nitrogens with zero attached hydrogens (tertiary/aromatic N) is 1. The number of methoxy groups -OCH3 is 1. The molecule has 1 aliphatic heterocycles. The first-order chi connectivity index (χ1) is 15.4. The van der Waals surface area contributed by atoms with Crippen LogP contribution in [-0.4, -0.2) is 62.5 Å². The van der Waals surface area contributed by atoms with Gasteiger partial charge in [-0.05, 0) is 49.7 Å². The van der Waals surface area contributed by atoms with Crippen LogP contribution in [-0.2, 0) is 20.8 Å². The van der Waals surface area contributed by atoms with Crippen LogP contribution in [0.1, 0.15) is 29.8 Å². The first-order valence-electron chi connectivity index (χ1n) is 10.7. The van der Waals surface area contributed by atoms with Gasteiger partial charge in [0.1, 0.15) is 6.61 Å². The average molecular weight is 442 g/mol. The van der Waals surface area contributed by atoms with Crippen LogP contribution in [0.25, 0.3) is 0 Å². The smallest absolute Gasteiger partial charge is 0.411 e. The van der Waals surface area contributed by atoms with Crippen molar-refractivity contribution in [3.05, 3.63) is 59.7 Å². The largest absolute Gasteiger partial charge is 0.447 e. The maximum absolute atomic E-state index is 12.6. The molecule has 172 valence electrons. The third kappa shape index (κ3) is 7.33. The second-order valence-electron chi connectivity index (χ2n) is 7.94. The lowest BCUT2D eigenvalue weighted by atomic mass is 10.1. The fourth-order valence-corrected chi connectivity index (χ4v) is 3.68. The Balaban J connectivity index is 1.53. The minimum absolute atomic E-state index is 0.165. The number of rotatable bonds is 8. The van der Waals surface area contributed by atoms with Crippen LogP contribution in [0.3, 0.4) is 0 Å². The van der Waals surface area contributed by atoms with E-state index >= 15 is 0 Å². The van der Waals surface area contributed by atoms with Crippen LogP contribution in [0.4, 0.5) is 16.2 Å². The molecule has 0 spiro atoms. The standard InChI is InChI=1S/C24H31N3O5/c1-17-14-27(15-18(2)32-17)16-19-7-9-20(10-8-19)23(28)25-21-5-4-6-22(13-21)26-24(29)31-12-11-30-3/h4-10,13,17-18H,11-12,14-16H2,1-3H3,(H,25,28)(H,26,29). The minimum Gasteiger partial charge on any atom is -0.447 e. The lowest BCUT2D eigenvalue weighted by Gasteiger charge is -2.35. The van der Waals surface area contributed by atoms with Crippen LogP contribution < -0.4 is 10.6 Å². The Morgan fingerprint density at radius 3 is 2.31 bits per heavy atom. The Bertz CT molecular complexity index is 893. The maximum Gasteiger partial charge on any atom is 0.411 e. The van der Waals surface area contributed by atoms with E-state index in [1.807, 2.05) is 24.3 Å². The van der Waals surface area contributed by atoms with Gasteiger partial charge in [0.2, 0.25) is 0 Å². The molecule has 8 nitrogen and oxygen atoms in total. The fraction of sp³-hybridized carbons (Fsp3) is 0.417. The number of nitrogens with one attached hydrogen (secondary N) is 2. The number of ether oxygens (including phenoxy) is 3. The summed E-state index contributed by atoms with van der Waals surface area (Å²) in [6.45, 7) is 7.29. The number of carbonyl (C=O) groups excluding carboxylic acids is 2. The zero-order valence-corrected chi connectivity index (χ0v) is 18.8. The predicted octanol–water partition coefficient (Wildman–Crippen LogP) is 3.74. The molecule has 0 saturated carbocycles.